The number of rotatable bonds is 7. The number of Topliss-reactive ketones (excluding diaryl/α,β-unsaturated/α-hetero) is 1. The van der Waals surface area contributed by atoms with Gasteiger partial charge in [0.15, 0.2) is 17.5 Å². The number of aliphatic hydroxyl groups excluding tert-OH is 3. The van der Waals surface area contributed by atoms with E-state index in [1.165, 1.54) is 32.9 Å². The van der Waals surface area contributed by atoms with Crippen LogP contribution in [-0.4, -0.2) is 98.6 Å². The molecule has 2 aromatic carbocycles. The fourth-order valence-electron chi connectivity index (χ4n) is 8.99. The van der Waals surface area contributed by atoms with Gasteiger partial charge in [-0.15, -0.1) is 0 Å². The lowest BCUT2D eigenvalue weighted by Crippen LogP contribution is -2.81. The molecule has 51 heavy (non-hydrogen) atoms. The van der Waals surface area contributed by atoms with E-state index in [1.807, 2.05) is 0 Å². The molecule has 2 bridgehead atoms. The van der Waals surface area contributed by atoms with Crippen LogP contribution >= 0.6 is 0 Å². The molecule has 6 N–H and O–H groups in total. The highest BCUT2D eigenvalue weighted by molar-refractivity contribution is 5.94. The summed E-state index contributed by atoms with van der Waals surface area (Å²) < 4.78 is 23.9. The molecule has 1 saturated heterocycles. The summed E-state index contributed by atoms with van der Waals surface area (Å²) in [6.45, 7) is 6.99. The number of esters is 3. The van der Waals surface area contributed by atoms with Crippen molar-refractivity contribution in [1.82, 2.24) is 0 Å². The first kappa shape index (κ1) is 36.8. The number of carbonyl (C=O) groups excluding carboxylic acids is 4. The van der Waals surface area contributed by atoms with Crippen molar-refractivity contribution in [2.75, 3.05) is 6.61 Å². The highest BCUT2D eigenvalue weighted by Gasteiger charge is 2.78. The van der Waals surface area contributed by atoms with Crippen LogP contribution in [0.2, 0.25) is 0 Å². The number of benzene rings is 2. The Balaban J connectivity index is 1.53. The van der Waals surface area contributed by atoms with Gasteiger partial charge in [-0.3, -0.25) is 9.59 Å². The van der Waals surface area contributed by atoms with Crippen molar-refractivity contribution >= 4 is 23.7 Å². The summed E-state index contributed by atoms with van der Waals surface area (Å²) in [6, 6.07) is 15.2. The molecule has 0 unspecified atom stereocenters. The molecule has 1 heterocycles. The zero-order valence-corrected chi connectivity index (χ0v) is 29.1. The number of ketones is 1. The van der Waals surface area contributed by atoms with E-state index in [4.69, 9.17) is 24.7 Å². The van der Waals surface area contributed by atoms with Crippen LogP contribution in [0.15, 0.2) is 71.8 Å². The lowest BCUT2D eigenvalue weighted by atomic mass is 9.44. The molecule has 0 radical (unpaired) electrons. The molecule has 0 amide bonds. The van der Waals surface area contributed by atoms with E-state index >= 15 is 0 Å². The monoisotopic (exact) mass is 707 g/mol. The van der Waals surface area contributed by atoms with Crippen LogP contribution in [0.25, 0.3) is 0 Å². The number of hydrogen-bond donors (Lipinski definition) is 5. The Kier molecular flexibility index (Phi) is 9.31. The molecular formula is C38H45NO12. The summed E-state index contributed by atoms with van der Waals surface area (Å²) in [5.41, 5.74) is -0.496. The maximum atomic E-state index is 14.8. The van der Waals surface area contributed by atoms with Crippen molar-refractivity contribution in [2.45, 2.75) is 101 Å². The zero-order valence-electron chi connectivity index (χ0n) is 29.1. The minimum atomic E-state index is -2.28. The Bertz CT molecular complexity index is 1750. The molecule has 13 nitrogen and oxygen atoms in total. The number of ether oxygens (including phenoxy) is 4. The quantitative estimate of drug-likeness (QED) is 0.158. The summed E-state index contributed by atoms with van der Waals surface area (Å²) >= 11 is 0. The number of hydrogen-bond acceptors (Lipinski definition) is 13. The highest BCUT2D eigenvalue weighted by atomic mass is 16.6. The molecule has 3 aliphatic carbocycles. The average molecular weight is 708 g/mol. The number of aliphatic hydroxyl groups is 4. The van der Waals surface area contributed by atoms with E-state index in [2.05, 4.69) is 0 Å². The van der Waals surface area contributed by atoms with Gasteiger partial charge in [0.1, 0.15) is 30.0 Å². The average Bonchev–Trinajstić information content (AvgIpc) is 3.09. The maximum absolute atomic E-state index is 14.8. The van der Waals surface area contributed by atoms with Crippen molar-refractivity contribution in [2.24, 2.45) is 22.5 Å². The topological polar surface area (TPSA) is 212 Å². The number of carbonyl (C=O) groups is 4. The second-order valence-electron chi connectivity index (χ2n) is 15.0. The largest absolute Gasteiger partial charge is 0.456 e. The van der Waals surface area contributed by atoms with Crippen LogP contribution in [0.3, 0.4) is 0 Å². The normalized spacial score (nSPS) is 36.5. The van der Waals surface area contributed by atoms with Gasteiger partial charge in [-0.2, -0.15) is 0 Å². The molecule has 11 atom stereocenters. The summed E-state index contributed by atoms with van der Waals surface area (Å²) in [5.74, 6) is -5.10. The van der Waals surface area contributed by atoms with Gasteiger partial charge >= 0.3 is 17.9 Å². The van der Waals surface area contributed by atoms with Crippen molar-refractivity contribution in [3.8, 4) is 0 Å². The lowest BCUT2D eigenvalue weighted by molar-refractivity contribution is -0.346. The van der Waals surface area contributed by atoms with Crippen molar-refractivity contribution in [3.63, 3.8) is 0 Å². The Morgan fingerprint density at radius 3 is 2.16 bits per heavy atom. The molecular weight excluding hydrogens is 662 g/mol. The van der Waals surface area contributed by atoms with Gasteiger partial charge in [-0.25, -0.2) is 9.59 Å². The number of nitrogens with two attached hydrogens (primary N) is 1. The molecule has 0 spiro atoms. The molecule has 274 valence electrons. The molecule has 6 rings (SSSR count). The summed E-state index contributed by atoms with van der Waals surface area (Å²) in [5, 5.41) is 48.0. The molecule has 4 aliphatic rings. The van der Waals surface area contributed by atoms with Gasteiger partial charge in [0.25, 0.3) is 0 Å². The van der Waals surface area contributed by atoms with Crippen LogP contribution < -0.4 is 5.73 Å². The van der Waals surface area contributed by atoms with Crippen molar-refractivity contribution in [1.29, 1.82) is 0 Å². The first-order chi connectivity index (χ1) is 23.9. The molecule has 2 aromatic rings. The van der Waals surface area contributed by atoms with Crippen LogP contribution in [0.5, 0.6) is 0 Å². The highest BCUT2D eigenvalue weighted by Crippen LogP contribution is 2.64. The molecule has 0 aromatic heterocycles. The Hall–Kier alpha value is -3.98. The predicted octanol–water partition coefficient (Wildman–Crippen LogP) is 1.69. The fourth-order valence-corrected chi connectivity index (χ4v) is 8.99. The predicted molar refractivity (Wildman–Crippen MR) is 178 cm³/mol. The van der Waals surface area contributed by atoms with Crippen LogP contribution in [0.1, 0.15) is 69.4 Å². The standard InChI is InChI=1S/C38H45NO12/c1-19-23(49-34(46)29(43)27(39)21-12-8-6-9-13-21)17-38(47)32(50-33(45)22-14-10-7-11-15-22)30-36(5,31(44)28(42)26(19)35(38,3)4)24(41)16-25-37(30,18-48-25)51-20(2)40/h6-15,23-25,27-30,32,41-43,47H,16-18,39H2,1-5H3/t23-,24-,25+,27+,28+,29+,30-,32-,36+,37-,38-/m0/s1. The first-order valence-corrected chi connectivity index (χ1v) is 17.0. The Morgan fingerprint density at radius 2 is 1.59 bits per heavy atom. The van der Waals surface area contributed by atoms with Crippen LogP contribution in [0, 0.1) is 16.7 Å². The van der Waals surface area contributed by atoms with Crippen molar-refractivity contribution in [3.05, 3.63) is 82.9 Å². The van der Waals surface area contributed by atoms with E-state index in [9.17, 15) is 39.6 Å². The SMILES string of the molecule is CC(=O)O[C@@]12CO[C@@H]1C[C@H](O)[C@@]1(C)C(=O)[C@H](O)C3=C(C)[C@@H](OC(=O)[C@H](O)[C@H](N)c4ccccc4)C[C@](O)([C@@H](OC(=O)c4ccccc4)[C@H]21)C3(C)C. The van der Waals surface area contributed by atoms with E-state index in [-0.39, 0.29) is 29.7 Å². The van der Waals surface area contributed by atoms with Gasteiger partial charge in [0, 0.05) is 25.2 Å². The number of fused-ring (bicyclic) bond motifs is 5. The third-order valence-corrected chi connectivity index (χ3v) is 11.9. The third kappa shape index (κ3) is 5.53. The van der Waals surface area contributed by atoms with Gasteiger partial charge in [-0.1, -0.05) is 62.4 Å². The van der Waals surface area contributed by atoms with Crippen LogP contribution in [0.4, 0.5) is 0 Å². The second-order valence-corrected chi connectivity index (χ2v) is 15.0. The second kappa shape index (κ2) is 12.9. The fraction of sp³-hybridized carbons (Fsp3) is 0.526. The lowest BCUT2D eigenvalue weighted by Gasteiger charge is -2.67. The van der Waals surface area contributed by atoms with Gasteiger partial charge < -0.3 is 45.1 Å². The zero-order chi connectivity index (χ0) is 37.3. The van der Waals surface area contributed by atoms with Crippen molar-refractivity contribution < 1.29 is 58.6 Å². The summed E-state index contributed by atoms with van der Waals surface area (Å²) in [7, 11) is 0. The molecule has 2 saturated carbocycles. The van der Waals surface area contributed by atoms with Gasteiger partial charge in [-0.05, 0) is 42.7 Å². The Labute approximate surface area is 295 Å². The summed E-state index contributed by atoms with van der Waals surface area (Å²) in [4.78, 5) is 55.0. The maximum Gasteiger partial charge on any atom is 0.338 e. The minimum Gasteiger partial charge on any atom is -0.456 e. The van der Waals surface area contributed by atoms with Gasteiger partial charge in [0.05, 0.1) is 35.6 Å². The van der Waals surface area contributed by atoms with E-state index < -0.39 is 101 Å². The smallest absolute Gasteiger partial charge is 0.338 e. The molecule has 3 fully saturated rings. The minimum absolute atomic E-state index is 0.0120. The molecule has 1 aliphatic heterocycles. The first-order valence-electron chi connectivity index (χ1n) is 17.0. The third-order valence-electron chi connectivity index (χ3n) is 11.9. The summed E-state index contributed by atoms with van der Waals surface area (Å²) in [6.07, 6.45) is -9.94. The van der Waals surface area contributed by atoms with Crippen LogP contribution in [-0.2, 0) is 33.3 Å². The van der Waals surface area contributed by atoms with E-state index in [0.29, 0.717) is 5.56 Å². The van der Waals surface area contributed by atoms with E-state index in [0.717, 1.165) is 0 Å². The van der Waals surface area contributed by atoms with E-state index in [1.54, 1.807) is 62.4 Å². The Morgan fingerprint density at radius 1 is 0.980 bits per heavy atom. The van der Waals surface area contributed by atoms with Gasteiger partial charge in [0.2, 0.25) is 0 Å². The molecule has 13 heteroatoms.